The van der Waals surface area contributed by atoms with Gasteiger partial charge in [0.2, 0.25) is 0 Å². The van der Waals surface area contributed by atoms with Gasteiger partial charge in [0.05, 0.1) is 29.3 Å². The van der Waals surface area contributed by atoms with Gasteiger partial charge < -0.3 is 14.0 Å². The van der Waals surface area contributed by atoms with Crippen LogP contribution in [0, 0.1) is 0 Å². The first-order valence-electron chi connectivity index (χ1n) is 7.55. The number of ether oxygens (including phenoxy) is 2. The van der Waals surface area contributed by atoms with E-state index in [9.17, 15) is 4.79 Å². The van der Waals surface area contributed by atoms with Crippen LogP contribution in [0.4, 0.5) is 0 Å². The molecule has 0 aliphatic carbocycles. The topological polar surface area (TPSA) is 52.8 Å². The van der Waals surface area contributed by atoms with E-state index in [2.05, 4.69) is 16.5 Å². The van der Waals surface area contributed by atoms with Gasteiger partial charge in [0.15, 0.2) is 16.3 Å². The molecule has 126 valence electrons. The lowest BCUT2D eigenvalue weighted by Crippen LogP contribution is -2.16. The first-order valence-corrected chi connectivity index (χ1v) is 9.25. The Labute approximate surface area is 147 Å². The Hall–Kier alpha value is -2.12. The number of aromatic nitrogens is 1. The van der Waals surface area contributed by atoms with E-state index in [-0.39, 0.29) is 5.91 Å². The van der Waals surface area contributed by atoms with E-state index in [1.54, 1.807) is 20.3 Å². The Morgan fingerprint density at radius 2 is 2.00 bits per heavy atom. The number of carbonyl (C=O) groups excluding carboxylic acids is 1. The van der Waals surface area contributed by atoms with E-state index in [0.29, 0.717) is 21.2 Å². The summed E-state index contributed by atoms with van der Waals surface area (Å²) < 4.78 is 13.8. The maximum Gasteiger partial charge on any atom is 0.289 e. The Morgan fingerprint density at radius 1 is 1.25 bits per heavy atom. The van der Waals surface area contributed by atoms with Crippen LogP contribution < -0.4 is 14.3 Å². The molecule has 3 rings (SSSR count). The van der Waals surface area contributed by atoms with Crippen LogP contribution in [0.25, 0.3) is 10.2 Å². The number of hydrogen-bond acceptors (Lipinski definition) is 5. The van der Waals surface area contributed by atoms with Crippen LogP contribution in [0.2, 0.25) is 0 Å². The number of rotatable bonds is 5. The number of nitrogens with zero attached hydrogens (tertiary/aromatic N) is 2. The van der Waals surface area contributed by atoms with Gasteiger partial charge in [-0.3, -0.25) is 4.79 Å². The number of thiazole rings is 1. The number of fused-ring (bicyclic) bond motifs is 1. The molecule has 0 N–H and O–H groups in total. The van der Waals surface area contributed by atoms with Crippen molar-refractivity contribution >= 4 is 38.8 Å². The highest BCUT2D eigenvalue weighted by molar-refractivity contribution is 7.16. The molecule has 24 heavy (non-hydrogen) atoms. The fraction of sp³-hybridized carbons (Fsp3) is 0.294. The van der Waals surface area contributed by atoms with Crippen molar-refractivity contribution in [3.63, 3.8) is 0 Å². The Morgan fingerprint density at radius 3 is 2.62 bits per heavy atom. The molecule has 3 aromatic rings. The second-order valence-electron chi connectivity index (χ2n) is 5.11. The Bertz CT molecular complexity index is 923. The van der Waals surface area contributed by atoms with Crippen molar-refractivity contribution in [2.45, 2.75) is 19.9 Å². The molecule has 1 amide bonds. The lowest BCUT2D eigenvalue weighted by atomic mass is 10.3. The molecule has 2 heterocycles. The van der Waals surface area contributed by atoms with Crippen LogP contribution in [0.5, 0.6) is 11.5 Å². The molecule has 7 heteroatoms. The molecule has 0 aliphatic rings. The summed E-state index contributed by atoms with van der Waals surface area (Å²) in [6.45, 7) is 2.88. The fourth-order valence-corrected chi connectivity index (χ4v) is 4.14. The lowest BCUT2D eigenvalue weighted by Gasteiger charge is -2.08. The van der Waals surface area contributed by atoms with Crippen LogP contribution in [0.3, 0.4) is 0 Å². The van der Waals surface area contributed by atoms with Crippen LogP contribution in [0.1, 0.15) is 23.0 Å². The summed E-state index contributed by atoms with van der Waals surface area (Å²) in [4.78, 5) is 18.0. The molecular weight excluding hydrogens is 344 g/mol. The zero-order chi connectivity index (χ0) is 17.1. The highest BCUT2D eigenvalue weighted by Crippen LogP contribution is 2.33. The number of benzene rings is 1. The standard InChI is InChI=1S/C17H18N2O3S2/c1-4-7-19-11-9-12(21-2)13(22-3)10-15(11)24-17(19)18-16(20)14-6-5-8-23-14/h5-6,8-10H,4,7H2,1-3H3. The fourth-order valence-electron chi connectivity index (χ4n) is 2.46. The van der Waals surface area contributed by atoms with Gasteiger partial charge in [-0.1, -0.05) is 24.3 Å². The molecule has 0 unspecified atom stereocenters. The van der Waals surface area contributed by atoms with Crippen molar-refractivity contribution in [1.82, 2.24) is 4.57 Å². The van der Waals surface area contributed by atoms with Crippen molar-refractivity contribution in [1.29, 1.82) is 0 Å². The summed E-state index contributed by atoms with van der Waals surface area (Å²) in [6.07, 6.45) is 0.945. The number of hydrogen-bond donors (Lipinski definition) is 0. The molecule has 0 bridgehead atoms. The van der Waals surface area contributed by atoms with E-state index in [1.165, 1.54) is 22.7 Å². The number of aryl methyl sites for hydroxylation is 1. The molecule has 5 nitrogen and oxygen atoms in total. The molecule has 0 spiro atoms. The molecule has 0 atom stereocenters. The Kier molecular flexibility index (Phi) is 5.01. The van der Waals surface area contributed by atoms with Crippen molar-refractivity contribution in [2.24, 2.45) is 4.99 Å². The average molecular weight is 362 g/mol. The van der Waals surface area contributed by atoms with E-state index in [1.807, 2.05) is 23.6 Å². The van der Waals surface area contributed by atoms with E-state index < -0.39 is 0 Å². The molecule has 2 aromatic heterocycles. The van der Waals surface area contributed by atoms with Crippen LogP contribution in [-0.4, -0.2) is 24.7 Å². The first-order chi connectivity index (χ1) is 11.7. The summed E-state index contributed by atoms with van der Waals surface area (Å²) in [5.41, 5.74) is 0.997. The highest BCUT2D eigenvalue weighted by atomic mass is 32.1. The minimum absolute atomic E-state index is 0.208. The van der Waals surface area contributed by atoms with Gasteiger partial charge in [-0.25, -0.2) is 0 Å². The molecule has 0 aliphatic heterocycles. The van der Waals surface area contributed by atoms with E-state index in [4.69, 9.17) is 9.47 Å². The second-order valence-corrected chi connectivity index (χ2v) is 7.06. The number of methoxy groups -OCH3 is 2. The van der Waals surface area contributed by atoms with Crippen LogP contribution in [-0.2, 0) is 6.54 Å². The summed E-state index contributed by atoms with van der Waals surface area (Å²) in [5.74, 6) is 1.13. The van der Waals surface area contributed by atoms with Gasteiger partial charge >= 0.3 is 0 Å². The number of thiophene rings is 1. The van der Waals surface area contributed by atoms with Gasteiger partial charge in [-0.2, -0.15) is 4.99 Å². The van der Waals surface area contributed by atoms with E-state index >= 15 is 0 Å². The monoisotopic (exact) mass is 362 g/mol. The molecule has 0 saturated heterocycles. The normalized spacial score (nSPS) is 11.9. The zero-order valence-electron chi connectivity index (χ0n) is 13.7. The summed E-state index contributed by atoms with van der Waals surface area (Å²) in [6, 6.07) is 7.52. The predicted molar refractivity (Wildman–Crippen MR) is 97.4 cm³/mol. The molecule has 0 saturated carbocycles. The van der Waals surface area contributed by atoms with Crippen molar-refractivity contribution in [3.05, 3.63) is 39.3 Å². The molecule has 0 radical (unpaired) electrons. The SMILES string of the molecule is CCCn1c(=NC(=O)c2cccs2)sc2cc(OC)c(OC)cc21. The third-order valence-electron chi connectivity index (χ3n) is 3.56. The van der Waals surface area contributed by atoms with Gasteiger partial charge in [-0.15, -0.1) is 11.3 Å². The zero-order valence-corrected chi connectivity index (χ0v) is 15.4. The lowest BCUT2D eigenvalue weighted by molar-refractivity contribution is 0.100. The number of carbonyl (C=O) groups is 1. The van der Waals surface area contributed by atoms with Crippen LogP contribution in [0.15, 0.2) is 34.6 Å². The first kappa shape index (κ1) is 16.7. The molecule has 0 fully saturated rings. The van der Waals surface area contributed by atoms with Gasteiger partial charge in [-0.05, 0) is 17.9 Å². The second kappa shape index (κ2) is 7.19. The third kappa shape index (κ3) is 3.09. The molecular formula is C17H18N2O3S2. The summed E-state index contributed by atoms with van der Waals surface area (Å²) >= 11 is 2.88. The summed E-state index contributed by atoms with van der Waals surface area (Å²) in [7, 11) is 3.23. The quantitative estimate of drug-likeness (QED) is 0.691. The van der Waals surface area contributed by atoms with Gasteiger partial charge in [0.25, 0.3) is 5.91 Å². The number of amides is 1. The largest absolute Gasteiger partial charge is 0.493 e. The smallest absolute Gasteiger partial charge is 0.289 e. The summed E-state index contributed by atoms with van der Waals surface area (Å²) in [5, 5.41) is 1.88. The maximum absolute atomic E-state index is 12.3. The van der Waals surface area contributed by atoms with Crippen molar-refractivity contribution in [3.8, 4) is 11.5 Å². The van der Waals surface area contributed by atoms with E-state index in [0.717, 1.165) is 23.2 Å². The van der Waals surface area contributed by atoms with Crippen molar-refractivity contribution in [2.75, 3.05) is 14.2 Å². The average Bonchev–Trinajstić information content (AvgIpc) is 3.23. The molecule has 1 aromatic carbocycles. The van der Waals surface area contributed by atoms with Gasteiger partial charge in [0.1, 0.15) is 0 Å². The van der Waals surface area contributed by atoms with Crippen LogP contribution >= 0.6 is 22.7 Å². The maximum atomic E-state index is 12.3. The minimum atomic E-state index is -0.208. The minimum Gasteiger partial charge on any atom is -0.493 e. The van der Waals surface area contributed by atoms with Crippen molar-refractivity contribution < 1.29 is 14.3 Å². The highest BCUT2D eigenvalue weighted by Gasteiger charge is 2.13. The third-order valence-corrected chi connectivity index (χ3v) is 5.46. The Balaban J connectivity index is 2.20. The van der Waals surface area contributed by atoms with Gasteiger partial charge in [0, 0.05) is 18.7 Å². The predicted octanol–water partition coefficient (Wildman–Crippen LogP) is 3.93.